The molecule has 0 bridgehead atoms. The molecule has 2 nitrogen and oxygen atoms in total. The van der Waals surface area contributed by atoms with Crippen LogP contribution in [0.1, 0.15) is 48.5 Å². The first-order valence-corrected chi connectivity index (χ1v) is 5.74. The summed E-state index contributed by atoms with van der Waals surface area (Å²) in [4.78, 5) is 14.1. The predicted octanol–water partition coefficient (Wildman–Crippen LogP) is 2.97. The second-order valence-corrected chi connectivity index (χ2v) is 6.34. The molecule has 0 aromatic rings. The van der Waals surface area contributed by atoms with Crippen LogP contribution in [0.4, 0.5) is 0 Å². The van der Waals surface area contributed by atoms with Gasteiger partial charge in [0, 0.05) is 11.0 Å². The maximum atomic E-state index is 11.9. The van der Waals surface area contributed by atoms with Gasteiger partial charge < -0.3 is 0 Å². The van der Waals surface area contributed by atoms with Crippen LogP contribution in [-0.2, 0) is 4.79 Å². The number of carbonyl (C=O) groups excluding carboxylic acids is 1. The Bertz CT molecular complexity index is 223. The summed E-state index contributed by atoms with van der Waals surface area (Å²) in [5.74, 6) is 0.842. The second-order valence-electron chi connectivity index (χ2n) is 6.34. The highest BCUT2D eigenvalue weighted by Gasteiger charge is 2.31. The van der Waals surface area contributed by atoms with Crippen LogP contribution in [0.25, 0.3) is 0 Å². The number of nitrogens with zero attached hydrogens (tertiary/aromatic N) is 1. The summed E-state index contributed by atoms with van der Waals surface area (Å²) in [6.45, 7) is 15.2. The number of carbonyl (C=O) groups is 1. The van der Waals surface area contributed by atoms with Gasteiger partial charge in [-0.05, 0) is 26.8 Å². The topological polar surface area (TPSA) is 20.3 Å². The van der Waals surface area contributed by atoms with E-state index in [-0.39, 0.29) is 11.0 Å². The third-order valence-corrected chi connectivity index (χ3v) is 3.61. The van der Waals surface area contributed by atoms with E-state index >= 15 is 0 Å². The van der Waals surface area contributed by atoms with Gasteiger partial charge in [-0.2, -0.15) is 0 Å². The summed E-state index contributed by atoms with van der Waals surface area (Å²) >= 11 is 0. The summed E-state index contributed by atoms with van der Waals surface area (Å²) in [5, 5.41) is 0. The molecule has 90 valence electrons. The van der Waals surface area contributed by atoms with Gasteiger partial charge in [0.15, 0.2) is 5.78 Å². The minimum atomic E-state index is -0.235. The number of hydrogen-bond acceptors (Lipinski definition) is 2. The number of rotatable bonds is 4. The summed E-state index contributed by atoms with van der Waals surface area (Å²) in [6.07, 6.45) is 0. The molecule has 0 atom stereocenters. The van der Waals surface area contributed by atoms with Crippen LogP contribution in [0, 0.1) is 11.3 Å². The first kappa shape index (κ1) is 14.6. The molecule has 15 heavy (non-hydrogen) atoms. The SMILES string of the molecule is CC(C)C(C)(C)N(C)CC(=O)C(C)(C)C. The van der Waals surface area contributed by atoms with Crippen molar-refractivity contribution in [3.63, 3.8) is 0 Å². The van der Waals surface area contributed by atoms with Crippen molar-refractivity contribution in [2.75, 3.05) is 13.6 Å². The summed E-state index contributed by atoms with van der Waals surface area (Å²) in [7, 11) is 2.03. The van der Waals surface area contributed by atoms with E-state index in [0.29, 0.717) is 18.2 Å². The van der Waals surface area contributed by atoms with E-state index in [9.17, 15) is 4.79 Å². The molecule has 2 heteroatoms. The summed E-state index contributed by atoms with van der Waals surface area (Å²) in [6, 6.07) is 0. The maximum Gasteiger partial charge on any atom is 0.152 e. The minimum Gasteiger partial charge on any atom is -0.298 e. The van der Waals surface area contributed by atoms with Gasteiger partial charge in [0.1, 0.15) is 0 Å². The van der Waals surface area contributed by atoms with Gasteiger partial charge in [-0.1, -0.05) is 34.6 Å². The molecule has 0 aliphatic rings. The fourth-order valence-electron chi connectivity index (χ4n) is 1.10. The van der Waals surface area contributed by atoms with E-state index in [2.05, 4.69) is 32.6 Å². The first-order valence-electron chi connectivity index (χ1n) is 5.74. The van der Waals surface area contributed by atoms with Crippen molar-refractivity contribution in [3.8, 4) is 0 Å². The highest BCUT2D eigenvalue weighted by Crippen LogP contribution is 2.24. The Morgan fingerprint density at radius 2 is 1.53 bits per heavy atom. The predicted molar refractivity (Wildman–Crippen MR) is 66.0 cm³/mol. The van der Waals surface area contributed by atoms with Crippen molar-refractivity contribution < 1.29 is 4.79 Å². The summed E-state index contributed by atoms with van der Waals surface area (Å²) < 4.78 is 0. The Hall–Kier alpha value is -0.370. The van der Waals surface area contributed by atoms with Crippen LogP contribution in [0.5, 0.6) is 0 Å². The quantitative estimate of drug-likeness (QED) is 0.715. The molecule has 0 unspecified atom stereocenters. The normalized spacial score (nSPS) is 13.7. The highest BCUT2D eigenvalue weighted by molar-refractivity contribution is 5.85. The second kappa shape index (κ2) is 4.65. The third-order valence-electron chi connectivity index (χ3n) is 3.61. The molecule has 0 spiro atoms. The molecule has 0 aliphatic carbocycles. The van der Waals surface area contributed by atoms with Crippen molar-refractivity contribution in [2.45, 2.75) is 54.0 Å². The Morgan fingerprint density at radius 1 is 1.13 bits per heavy atom. The number of likely N-dealkylation sites (N-methyl/N-ethyl adjacent to an activating group) is 1. The molecule has 0 N–H and O–H groups in total. The third kappa shape index (κ3) is 3.94. The molecule has 0 aromatic carbocycles. The molecule has 0 radical (unpaired) electrons. The van der Waals surface area contributed by atoms with Gasteiger partial charge in [-0.25, -0.2) is 0 Å². The Balaban J connectivity index is 4.51. The molecule has 0 rings (SSSR count). The van der Waals surface area contributed by atoms with Crippen LogP contribution < -0.4 is 0 Å². The lowest BCUT2D eigenvalue weighted by Crippen LogP contribution is -2.49. The van der Waals surface area contributed by atoms with E-state index in [4.69, 9.17) is 0 Å². The van der Waals surface area contributed by atoms with Gasteiger partial charge >= 0.3 is 0 Å². The van der Waals surface area contributed by atoms with Crippen LogP contribution in [0.3, 0.4) is 0 Å². The lowest BCUT2D eigenvalue weighted by atomic mass is 9.86. The van der Waals surface area contributed by atoms with Gasteiger partial charge in [-0.15, -0.1) is 0 Å². The largest absolute Gasteiger partial charge is 0.298 e. The van der Waals surface area contributed by atoms with E-state index in [1.807, 2.05) is 27.8 Å². The van der Waals surface area contributed by atoms with Crippen molar-refractivity contribution in [1.29, 1.82) is 0 Å². The fraction of sp³-hybridized carbons (Fsp3) is 0.923. The standard InChI is InChI=1S/C13H27NO/c1-10(2)13(6,7)14(8)9-11(15)12(3,4)5/h10H,9H2,1-8H3. The smallest absolute Gasteiger partial charge is 0.152 e. The first-order chi connectivity index (χ1) is 6.49. The lowest BCUT2D eigenvalue weighted by molar-refractivity contribution is -0.128. The van der Waals surface area contributed by atoms with Crippen LogP contribution in [0.15, 0.2) is 0 Å². The monoisotopic (exact) mass is 213 g/mol. The van der Waals surface area contributed by atoms with Gasteiger partial charge in [0.2, 0.25) is 0 Å². The van der Waals surface area contributed by atoms with Crippen LogP contribution >= 0.6 is 0 Å². The van der Waals surface area contributed by atoms with Crippen molar-refractivity contribution in [2.24, 2.45) is 11.3 Å². The van der Waals surface area contributed by atoms with Gasteiger partial charge in [0.05, 0.1) is 6.54 Å². The molecule has 0 heterocycles. The zero-order chi connectivity index (χ0) is 12.4. The fourth-order valence-corrected chi connectivity index (χ4v) is 1.10. The minimum absolute atomic E-state index is 0.0703. The highest BCUT2D eigenvalue weighted by atomic mass is 16.1. The Labute approximate surface area is 95.0 Å². The molecule has 0 saturated carbocycles. The zero-order valence-corrected chi connectivity index (χ0v) is 11.6. The lowest BCUT2D eigenvalue weighted by Gasteiger charge is -2.39. The molecule has 0 aliphatic heterocycles. The van der Waals surface area contributed by atoms with Crippen LogP contribution in [-0.4, -0.2) is 29.8 Å². The molecule has 0 fully saturated rings. The Kier molecular flexibility index (Phi) is 4.53. The zero-order valence-electron chi connectivity index (χ0n) is 11.6. The molecule has 0 aromatic heterocycles. The average molecular weight is 213 g/mol. The van der Waals surface area contributed by atoms with Crippen molar-refractivity contribution >= 4 is 5.78 Å². The molecule has 0 saturated heterocycles. The maximum absolute atomic E-state index is 11.9. The van der Waals surface area contributed by atoms with Crippen molar-refractivity contribution in [3.05, 3.63) is 0 Å². The number of ketones is 1. The van der Waals surface area contributed by atoms with Crippen molar-refractivity contribution in [1.82, 2.24) is 4.90 Å². The van der Waals surface area contributed by atoms with E-state index in [1.54, 1.807) is 0 Å². The van der Waals surface area contributed by atoms with Gasteiger partial charge in [-0.3, -0.25) is 9.69 Å². The average Bonchev–Trinajstić information content (AvgIpc) is 2.01. The molecular formula is C13H27NO. The van der Waals surface area contributed by atoms with Crippen LogP contribution in [0.2, 0.25) is 0 Å². The number of hydrogen-bond donors (Lipinski definition) is 0. The van der Waals surface area contributed by atoms with Gasteiger partial charge in [0.25, 0.3) is 0 Å². The van der Waals surface area contributed by atoms with E-state index < -0.39 is 0 Å². The molecular weight excluding hydrogens is 186 g/mol. The molecule has 0 amide bonds. The Morgan fingerprint density at radius 3 is 1.80 bits per heavy atom. The number of Topliss-reactive ketones (excluding diaryl/α,β-unsaturated/α-hetero) is 1. The summed E-state index contributed by atoms with van der Waals surface area (Å²) in [5.41, 5.74) is -0.164. The van der Waals surface area contributed by atoms with E-state index in [1.165, 1.54) is 0 Å². The van der Waals surface area contributed by atoms with E-state index in [0.717, 1.165) is 0 Å².